The molecule has 6 heteroatoms. The molecule has 0 saturated carbocycles. The van der Waals surface area contributed by atoms with E-state index in [1.54, 1.807) is 0 Å². The summed E-state index contributed by atoms with van der Waals surface area (Å²) >= 11 is 0. The molecule has 6 nitrogen and oxygen atoms in total. The highest BCUT2D eigenvalue weighted by Gasteiger charge is 2.45. The molecule has 3 atom stereocenters. The van der Waals surface area contributed by atoms with Gasteiger partial charge in [0.25, 0.3) is 12.0 Å². The van der Waals surface area contributed by atoms with Gasteiger partial charge in [-0.3, -0.25) is 0 Å². The maximum atomic E-state index is 5.70. The molecule has 0 fully saturated rings. The van der Waals surface area contributed by atoms with Gasteiger partial charge in [0.15, 0.2) is 0 Å². The number of nitrogens with two attached hydrogens (primary N) is 2. The number of amidine groups is 2. The number of rotatable bonds is 2. The highest BCUT2D eigenvalue weighted by molar-refractivity contribution is 5.75. The first-order chi connectivity index (χ1) is 13.1. The van der Waals surface area contributed by atoms with Crippen molar-refractivity contribution in [3.8, 4) is 0 Å². The van der Waals surface area contributed by atoms with Crippen molar-refractivity contribution in [1.82, 2.24) is 0 Å². The first-order valence-electron chi connectivity index (χ1n) is 10.6. The van der Waals surface area contributed by atoms with E-state index in [4.69, 9.17) is 20.9 Å². The van der Waals surface area contributed by atoms with Gasteiger partial charge in [-0.1, -0.05) is 35.1 Å². The Labute approximate surface area is 176 Å². The lowest BCUT2D eigenvalue weighted by atomic mass is 9.76. The van der Waals surface area contributed by atoms with Crippen LogP contribution in [0.25, 0.3) is 0 Å². The lowest BCUT2D eigenvalue weighted by molar-refractivity contribution is 0.169. The van der Waals surface area contributed by atoms with Crippen LogP contribution in [0.1, 0.15) is 81.1 Å². The average molecular weight is 405 g/mol. The van der Waals surface area contributed by atoms with Gasteiger partial charge in [0.1, 0.15) is 11.5 Å². The Morgan fingerprint density at radius 2 is 1.66 bits per heavy atom. The molecule has 0 aromatic heterocycles. The van der Waals surface area contributed by atoms with Crippen molar-refractivity contribution >= 4 is 12.0 Å². The zero-order valence-electron chi connectivity index (χ0n) is 18.2. The zero-order chi connectivity index (χ0) is 20.7. The summed E-state index contributed by atoms with van der Waals surface area (Å²) in [5.74, 6) is 3.49. The highest BCUT2D eigenvalue weighted by atomic mass is 16.5. The molecular formula is C23H40N4O2. The van der Waals surface area contributed by atoms with Crippen LogP contribution in [0, 0.1) is 17.8 Å². The van der Waals surface area contributed by atoms with Crippen LogP contribution in [0.5, 0.6) is 0 Å². The Balaban J connectivity index is 0.000000200. The second kappa shape index (κ2) is 8.41. The summed E-state index contributed by atoms with van der Waals surface area (Å²) in [6.07, 6.45) is 7.68. The number of hydrogen-bond acceptors (Lipinski definition) is 6. The van der Waals surface area contributed by atoms with Crippen molar-refractivity contribution in [2.24, 2.45) is 39.2 Å². The molecule has 2 heterocycles. The van der Waals surface area contributed by atoms with Crippen LogP contribution in [-0.4, -0.2) is 23.1 Å². The molecule has 0 aromatic rings. The van der Waals surface area contributed by atoms with Crippen LogP contribution in [0.15, 0.2) is 33.2 Å². The fourth-order valence-electron chi connectivity index (χ4n) is 4.65. The van der Waals surface area contributed by atoms with Crippen molar-refractivity contribution in [3.05, 3.63) is 23.2 Å². The van der Waals surface area contributed by atoms with E-state index in [1.807, 2.05) is 0 Å². The van der Waals surface area contributed by atoms with Gasteiger partial charge < -0.3 is 20.9 Å². The number of aliphatic imine (C=N–C) groups is 2. The Hall–Kier alpha value is -1.98. The number of nitrogens with zero attached hydrogens (tertiary/aromatic N) is 2. The van der Waals surface area contributed by atoms with E-state index in [9.17, 15) is 0 Å². The predicted molar refractivity (Wildman–Crippen MR) is 120 cm³/mol. The van der Waals surface area contributed by atoms with E-state index in [0.29, 0.717) is 29.8 Å². The summed E-state index contributed by atoms with van der Waals surface area (Å²) in [7, 11) is 0. The molecule has 4 aliphatic rings. The third-order valence-electron chi connectivity index (χ3n) is 7.06. The van der Waals surface area contributed by atoms with Gasteiger partial charge >= 0.3 is 0 Å². The van der Waals surface area contributed by atoms with Gasteiger partial charge in [0, 0.05) is 12.3 Å². The molecular weight excluding hydrogens is 364 g/mol. The number of hydrogen-bond donors (Lipinski definition) is 2. The van der Waals surface area contributed by atoms with Crippen LogP contribution in [-0.2, 0) is 9.47 Å². The molecule has 0 saturated heterocycles. The standard InChI is InChI=1S/2C11H18N2O.CH4/c2*1-7(2)11(3)8-5-4-6-9(8)14-10(12)13-11;/h7H,4-6H2,1-3H3,(H2,12,13);6-8H,4-5H2,1-3H3,(H2,12,13);1H4. The Morgan fingerprint density at radius 3 is 2.28 bits per heavy atom. The molecule has 4 rings (SSSR count). The first kappa shape index (κ1) is 23.3. The van der Waals surface area contributed by atoms with Gasteiger partial charge in [-0.15, -0.1) is 0 Å². The summed E-state index contributed by atoms with van der Waals surface area (Å²) in [4.78, 5) is 8.96. The molecule has 3 unspecified atom stereocenters. The number of allylic oxidation sites excluding steroid dienone is 2. The maximum Gasteiger partial charge on any atom is 0.288 e. The normalized spacial score (nSPS) is 32.7. The highest BCUT2D eigenvalue weighted by Crippen LogP contribution is 2.44. The Kier molecular flexibility index (Phi) is 6.75. The molecule has 29 heavy (non-hydrogen) atoms. The molecule has 4 N–H and O–H groups in total. The molecule has 0 aromatic carbocycles. The topological polar surface area (TPSA) is 95.2 Å². The van der Waals surface area contributed by atoms with E-state index >= 15 is 0 Å². The van der Waals surface area contributed by atoms with E-state index in [0.717, 1.165) is 37.2 Å². The summed E-state index contributed by atoms with van der Waals surface area (Å²) < 4.78 is 10.9. The summed E-state index contributed by atoms with van der Waals surface area (Å²) in [5.41, 5.74) is 12.5. The van der Waals surface area contributed by atoms with Crippen LogP contribution in [0.2, 0.25) is 0 Å². The second-order valence-corrected chi connectivity index (χ2v) is 9.28. The summed E-state index contributed by atoms with van der Waals surface area (Å²) in [6, 6.07) is 0.660. The summed E-state index contributed by atoms with van der Waals surface area (Å²) in [5, 5.41) is 0. The van der Waals surface area contributed by atoms with Gasteiger partial charge in [0.05, 0.1) is 11.1 Å². The molecule has 2 aliphatic carbocycles. The molecule has 0 amide bonds. The zero-order valence-corrected chi connectivity index (χ0v) is 18.2. The summed E-state index contributed by atoms with van der Waals surface area (Å²) in [6.45, 7) is 13.1. The van der Waals surface area contributed by atoms with Crippen molar-refractivity contribution in [1.29, 1.82) is 0 Å². The SMILES string of the molecule is C.CC(C)C1(C)N=C(N)OC2=C1CCC2.CC(C)C1(C)N=C(N)OC2=CCCC21. The maximum absolute atomic E-state index is 5.70. The molecule has 0 spiro atoms. The average Bonchev–Trinajstić information content (AvgIpc) is 3.24. The van der Waals surface area contributed by atoms with Crippen molar-refractivity contribution in [2.45, 2.75) is 92.2 Å². The fourth-order valence-corrected chi connectivity index (χ4v) is 4.65. The number of fused-ring (bicyclic) bond motifs is 1. The van der Waals surface area contributed by atoms with Crippen molar-refractivity contribution < 1.29 is 9.47 Å². The van der Waals surface area contributed by atoms with Gasteiger partial charge in [-0.05, 0) is 63.0 Å². The van der Waals surface area contributed by atoms with Crippen molar-refractivity contribution in [2.75, 3.05) is 0 Å². The third kappa shape index (κ3) is 4.17. The largest absolute Gasteiger partial charge is 0.431 e. The Morgan fingerprint density at radius 1 is 1.00 bits per heavy atom. The first-order valence-corrected chi connectivity index (χ1v) is 10.6. The van der Waals surface area contributed by atoms with Crippen LogP contribution >= 0.6 is 0 Å². The van der Waals surface area contributed by atoms with E-state index in [1.165, 1.54) is 12.0 Å². The minimum absolute atomic E-state index is 0. The van der Waals surface area contributed by atoms with E-state index in [-0.39, 0.29) is 18.5 Å². The lowest BCUT2D eigenvalue weighted by Crippen LogP contribution is -2.44. The molecule has 0 radical (unpaired) electrons. The van der Waals surface area contributed by atoms with Crippen LogP contribution < -0.4 is 11.5 Å². The second-order valence-electron chi connectivity index (χ2n) is 9.28. The third-order valence-corrected chi connectivity index (χ3v) is 7.06. The number of ether oxygens (including phenoxy) is 2. The fraction of sp³-hybridized carbons (Fsp3) is 0.739. The van der Waals surface area contributed by atoms with Crippen LogP contribution in [0.4, 0.5) is 0 Å². The van der Waals surface area contributed by atoms with Gasteiger partial charge in [0.2, 0.25) is 0 Å². The van der Waals surface area contributed by atoms with Gasteiger partial charge in [-0.25, -0.2) is 9.98 Å². The monoisotopic (exact) mass is 404 g/mol. The lowest BCUT2D eigenvalue weighted by Gasteiger charge is -2.39. The molecule has 0 bridgehead atoms. The van der Waals surface area contributed by atoms with Gasteiger partial charge in [-0.2, -0.15) is 0 Å². The Bertz CT molecular complexity index is 750. The smallest absolute Gasteiger partial charge is 0.288 e. The minimum atomic E-state index is -0.131. The molecule has 164 valence electrons. The van der Waals surface area contributed by atoms with E-state index < -0.39 is 0 Å². The quantitative estimate of drug-likeness (QED) is 0.687. The van der Waals surface area contributed by atoms with Crippen LogP contribution in [0.3, 0.4) is 0 Å². The molecule has 2 aliphatic heterocycles. The van der Waals surface area contributed by atoms with E-state index in [2.05, 4.69) is 57.6 Å². The predicted octanol–water partition coefficient (Wildman–Crippen LogP) is 4.86. The van der Waals surface area contributed by atoms with Crippen molar-refractivity contribution in [3.63, 3.8) is 0 Å². The minimum Gasteiger partial charge on any atom is -0.431 e.